The summed E-state index contributed by atoms with van der Waals surface area (Å²) in [5.74, 6) is -0.937. The highest BCUT2D eigenvalue weighted by Gasteiger charge is 2.37. The van der Waals surface area contributed by atoms with Crippen LogP contribution in [0.4, 0.5) is 10.1 Å². The highest BCUT2D eigenvalue weighted by atomic mass is 19.1. The molecule has 1 aliphatic rings. The third kappa shape index (κ3) is 3.01. The number of ether oxygens (including phenoxy) is 1. The number of amides is 2. The fourth-order valence-corrected chi connectivity index (χ4v) is 2.67. The summed E-state index contributed by atoms with van der Waals surface area (Å²) >= 11 is 0. The normalized spacial score (nSPS) is 16.0. The molecule has 0 saturated heterocycles. The van der Waals surface area contributed by atoms with Gasteiger partial charge >= 0.3 is 0 Å². The smallest absolute Gasteiger partial charge is 0.265 e. The monoisotopic (exact) mass is 314 g/mol. The molecule has 0 aromatic heterocycles. The third-order valence-corrected chi connectivity index (χ3v) is 3.75. The lowest BCUT2D eigenvalue weighted by atomic mass is 10.1. The molecular weight excluding hydrogens is 299 g/mol. The second kappa shape index (κ2) is 6.08. The zero-order valence-electron chi connectivity index (χ0n) is 12.2. The quantitative estimate of drug-likeness (QED) is 0.932. The van der Waals surface area contributed by atoms with Gasteiger partial charge in [0.2, 0.25) is 5.91 Å². The second-order valence-electron chi connectivity index (χ2n) is 5.26. The summed E-state index contributed by atoms with van der Waals surface area (Å²) in [6.07, 6.45) is 0.397. The van der Waals surface area contributed by atoms with Crippen LogP contribution in [0.25, 0.3) is 0 Å². The van der Waals surface area contributed by atoms with E-state index in [1.54, 1.807) is 12.1 Å². The third-order valence-electron chi connectivity index (χ3n) is 3.75. The molecule has 0 aliphatic carbocycles. The van der Waals surface area contributed by atoms with Gasteiger partial charge in [0.05, 0.1) is 0 Å². The van der Waals surface area contributed by atoms with Crippen LogP contribution in [0.1, 0.15) is 5.56 Å². The number of benzene rings is 2. The number of nitrogens with zero attached hydrogens (tertiary/aromatic N) is 1. The van der Waals surface area contributed by atoms with Crippen LogP contribution in [0, 0.1) is 5.82 Å². The predicted octanol–water partition coefficient (Wildman–Crippen LogP) is 1.65. The number of fused-ring (bicyclic) bond motifs is 1. The van der Waals surface area contributed by atoms with Crippen molar-refractivity contribution in [3.05, 3.63) is 59.9 Å². The van der Waals surface area contributed by atoms with Crippen molar-refractivity contribution in [2.24, 2.45) is 5.73 Å². The van der Waals surface area contributed by atoms with Gasteiger partial charge < -0.3 is 10.5 Å². The maximum absolute atomic E-state index is 12.9. The average Bonchev–Trinajstić information content (AvgIpc) is 2.94. The van der Waals surface area contributed by atoms with Crippen LogP contribution >= 0.6 is 0 Å². The number of rotatable bonds is 4. The van der Waals surface area contributed by atoms with Gasteiger partial charge in [0, 0.05) is 12.1 Å². The summed E-state index contributed by atoms with van der Waals surface area (Å²) < 4.78 is 18.2. The maximum Gasteiger partial charge on any atom is 0.265 e. The first-order valence-electron chi connectivity index (χ1n) is 7.14. The van der Waals surface area contributed by atoms with Gasteiger partial charge in [-0.1, -0.05) is 18.2 Å². The Morgan fingerprint density at radius 1 is 1.17 bits per heavy atom. The van der Waals surface area contributed by atoms with E-state index in [1.807, 2.05) is 12.1 Å². The van der Waals surface area contributed by atoms with Crippen molar-refractivity contribution in [1.29, 1.82) is 0 Å². The van der Waals surface area contributed by atoms with Crippen molar-refractivity contribution < 1.29 is 18.7 Å². The Morgan fingerprint density at radius 2 is 1.87 bits per heavy atom. The van der Waals surface area contributed by atoms with Crippen LogP contribution in [-0.2, 0) is 16.0 Å². The number of nitrogens with two attached hydrogens (primary N) is 1. The van der Waals surface area contributed by atoms with E-state index < -0.39 is 11.9 Å². The lowest BCUT2D eigenvalue weighted by molar-refractivity contribution is -0.125. The van der Waals surface area contributed by atoms with Crippen molar-refractivity contribution in [2.45, 2.75) is 12.5 Å². The van der Waals surface area contributed by atoms with Gasteiger partial charge in [-0.25, -0.2) is 4.39 Å². The van der Waals surface area contributed by atoms with E-state index in [4.69, 9.17) is 10.5 Å². The Hall–Kier alpha value is -2.89. The molecule has 0 fully saturated rings. The van der Waals surface area contributed by atoms with Gasteiger partial charge in [0.25, 0.3) is 5.91 Å². The SMILES string of the molecule is NC(=O)C1Cc2ccccc2N1C(=O)COc1ccc(F)cc1. The molecule has 0 saturated carbocycles. The maximum atomic E-state index is 12.9. The molecule has 0 spiro atoms. The van der Waals surface area contributed by atoms with E-state index in [9.17, 15) is 14.0 Å². The molecule has 2 aromatic rings. The van der Waals surface area contributed by atoms with Crippen molar-refractivity contribution in [3.63, 3.8) is 0 Å². The van der Waals surface area contributed by atoms with Crippen LogP contribution < -0.4 is 15.4 Å². The van der Waals surface area contributed by atoms with Gasteiger partial charge in [0.15, 0.2) is 6.61 Å². The number of carbonyl (C=O) groups is 2. The Balaban J connectivity index is 1.76. The molecule has 1 unspecified atom stereocenters. The molecule has 1 atom stereocenters. The molecule has 0 bridgehead atoms. The Morgan fingerprint density at radius 3 is 2.57 bits per heavy atom. The number of hydrogen-bond donors (Lipinski definition) is 1. The molecule has 1 aliphatic heterocycles. The van der Waals surface area contributed by atoms with Gasteiger partial charge in [-0.2, -0.15) is 0 Å². The molecule has 2 amide bonds. The zero-order valence-corrected chi connectivity index (χ0v) is 12.2. The Bertz CT molecular complexity index is 746. The van der Waals surface area contributed by atoms with E-state index in [2.05, 4.69) is 0 Å². The van der Waals surface area contributed by atoms with E-state index in [1.165, 1.54) is 29.2 Å². The number of primary amides is 1. The van der Waals surface area contributed by atoms with E-state index in [0.717, 1.165) is 5.56 Å². The molecular formula is C17H15FN2O3. The molecule has 5 nitrogen and oxygen atoms in total. The van der Waals surface area contributed by atoms with Crippen molar-refractivity contribution >= 4 is 17.5 Å². The minimum Gasteiger partial charge on any atom is -0.484 e. The van der Waals surface area contributed by atoms with E-state index in [-0.39, 0.29) is 18.3 Å². The first-order chi connectivity index (χ1) is 11.1. The molecule has 118 valence electrons. The largest absolute Gasteiger partial charge is 0.484 e. The topological polar surface area (TPSA) is 72.6 Å². The van der Waals surface area contributed by atoms with E-state index in [0.29, 0.717) is 17.9 Å². The number of carbonyl (C=O) groups excluding carboxylic acids is 2. The number of hydrogen-bond acceptors (Lipinski definition) is 3. The van der Waals surface area contributed by atoms with Crippen LogP contribution in [-0.4, -0.2) is 24.5 Å². The lowest BCUT2D eigenvalue weighted by Gasteiger charge is -2.23. The lowest BCUT2D eigenvalue weighted by Crippen LogP contribution is -2.47. The van der Waals surface area contributed by atoms with Gasteiger partial charge in [-0.3, -0.25) is 14.5 Å². The van der Waals surface area contributed by atoms with Crippen molar-refractivity contribution in [2.75, 3.05) is 11.5 Å². The summed E-state index contributed by atoms with van der Waals surface area (Å²) in [5.41, 5.74) is 6.98. The molecule has 23 heavy (non-hydrogen) atoms. The highest BCUT2D eigenvalue weighted by molar-refractivity contribution is 6.03. The van der Waals surface area contributed by atoms with Crippen LogP contribution in [0.2, 0.25) is 0 Å². The number of halogens is 1. The standard InChI is InChI=1S/C17H15FN2O3/c18-12-5-7-13(8-6-12)23-10-16(21)20-14-4-2-1-3-11(14)9-15(20)17(19)22/h1-8,15H,9-10H2,(H2,19,22). The van der Waals surface area contributed by atoms with Crippen molar-refractivity contribution in [1.82, 2.24) is 0 Å². The highest BCUT2D eigenvalue weighted by Crippen LogP contribution is 2.32. The fourth-order valence-electron chi connectivity index (χ4n) is 2.67. The van der Waals surface area contributed by atoms with Crippen LogP contribution in [0.5, 0.6) is 5.75 Å². The molecule has 6 heteroatoms. The summed E-state index contributed by atoms with van der Waals surface area (Å²) in [5, 5.41) is 0. The first kappa shape index (κ1) is 15.0. The molecule has 1 heterocycles. The molecule has 0 radical (unpaired) electrons. The van der Waals surface area contributed by atoms with Gasteiger partial charge in [-0.15, -0.1) is 0 Å². The first-order valence-corrected chi connectivity index (χ1v) is 7.14. The minimum absolute atomic E-state index is 0.260. The summed E-state index contributed by atoms with van der Waals surface area (Å²) in [7, 11) is 0. The van der Waals surface area contributed by atoms with Gasteiger partial charge in [-0.05, 0) is 35.9 Å². The van der Waals surface area contributed by atoms with Crippen LogP contribution in [0.3, 0.4) is 0 Å². The minimum atomic E-state index is -0.711. The van der Waals surface area contributed by atoms with Gasteiger partial charge in [0.1, 0.15) is 17.6 Å². The summed E-state index contributed by atoms with van der Waals surface area (Å²) in [6.45, 7) is -0.260. The van der Waals surface area contributed by atoms with E-state index >= 15 is 0 Å². The van der Waals surface area contributed by atoms with Crippen LogP contribution in [0.15, 0.2) is 48.5 Å². The summed E-state index contributed by atoms with van der Waals surface area (Å²) in [6, 6.07) is 11.9. The predicted molar refractivity (Wildman–Crippen MR) is 82.5 cm³/mol. The second-order valence-corrected chi connectivity index (χ2v) is 5.26. The number of anilines is 1. The average molecular weight is 314 g/mol. The zero-order chi connectivity index (χ0) is 16.4. The number of para-hydroxylation sites is 1. The molecule has 2 aromatic carbocycles. The van der Waals surface area contributed by atoms with Crippen molar-refractivity contribution in [3.8, 4) is 5.75 Å². The summed E-state index contributed by atoms with van der Waals surface area (Å²) in [4.78, 5) is 25.5. The Kier molecular flexibility index (Phi) is 3.97. The molecule has 3 rings (SSSR count). The molecule has 2 N–H and O–H groups in total. The Labute approximate surface area is 132 Å². The fraction of sp³-hybridized carbons (Fsp3) is 0.176.